The van der Waals surface area contributed by atoms with Crippen molar-refractivity contribution < 1.29 is 5.11 Å². The van der Waals surface area contributed by atoms with E-state index >= 15 is 0 Å². The molecule has 1 heteroatoms. The maximum atomic E-state index is 8.65. The summed E-state index contributed by atoms with van der Waals surface area (Å²) >= 11 is 0. The van der Waals surface area contributed by atoms with Crippen LogP contribution in [-0.2, 0) is 0 Å². The van der Waals surface area contributed by atoms with Crippen LogP contribution in [0, 0.1) is 17.8 Å². The molecule has 0 rings (SSSR count). The second-order valence-electron chi connectivity index (χ2n) is 7.05. The third-order valence-electron chi connectivity index (χ3n) is 4.21. The van der Waals surface area contributed by atoms with Gasteiger partial charge >= 0.3 is 0 Å². The molecule has 0 saturated carbocycles. The Morgan fingerprint density at radius 3 is 1.67 bits per heavy atom. The number of hydrogen-bond donors (Lipinski definition) is 1. The number of hydrogen-bond acceptors (Lipinski definition) is 1. The largest absolute Gasteiger partial charge is 0.392 e. The van der Waals surface area contributed by atoms with Crippen molar-refractivity contribution in [2.45, 2.75) is 92.9 Å². The predicted molar refractivity (Wildman–Crippen MR) is 97.7 cm³/mol. The minimum Gasteiger partial charge on any atom is -0.392 e. The van der Waals surface area contributed by atoms with Crippen molar-refractivity contribution >= 4 is 0 Å². The van der Waals surface area contributed by atoms with E-state index < -0.39 is 0 Å². The van der Waals surface area contributed by atoms with Crippen LogP contribution in [0.2, 0.25) is 0 Å². The summed E-state index contributed by atoms with van der Waals surface area (Å²) in [5.74, 6) is 2.64. The van der Waals surface area contributed by atoms with Gasteiger partial charge in [-0.05, 0) is 30.6 Å². The van der Waals surface area contributed by atoms with Crippen LogP contribution in [0.15, 0.2) is 12.2 Å². The van der Waals surface area contributed by atoms with E-state index in [4.69, 9.17) is 5.11 Å². The lowest BCUT2D eigenvalue weighted by atomic mass is 9.92. The van der Waals surface area contributed by atoms with Gasteiger partial charge in [0.15, 0.2) is 0 Å². The highest BCUT2D eigenvalue weighted by Crippen LogP contribution is 2.21. The number of allylic oxidation sites excluding steroid dienone is 1. The minimum absolute atomic E-state index is 0. The maximum absolute atomic E-state index is 8.65. The molecular formula is C20H42O. The summed E-state index contributed by atoms with van der Waals surface area (Å²) in [6, 6.07) is 0. The van der Waals surface area contributed by atoms with E-state index in [0.717, 1.165) is 24.2 Å². The van der Waals surface area contributed by atoms with Crippen molar-refractivity contribution in [3.05, 3.63) is 12.2 Å². The number of rotatable bonds is 13. The summed E-state index contributed by atoms with van der Waals surface area (Å²) in [7, 11) is 0. The molecule has 0 fully saturated rings. The second kappa shape index (κ2) is 16.1. The Kier molecular flexibility index (Phi) is 17.6. The van der Waals surface area contributed by atoms with Crippen molar-refractivity contribution in [3.8, 4) is 0 Å². The molecule has 0 heterocycles. The first-order valence-electron chi connectivity index (χ1n) is 8.82. The lowest BCUT2D eigenvalue weighted by Crippen LogP contribution is -2.00. The van der Waals surface area contributed by atoms with Crippen LogP contribution >= 0.6 is 0 Å². The quantitative estimate of drug-likeness (QED) is 0.299. The molecule has 0 aliphatic rings. The van der Waals surface area contributed by atoms with E-state index in [9.17, 15) is 0 Å². The average Bonchev–Trinajstić information content (AvgIpc) is 2.38. The van der Waals surface area contributed by atoms with Gasteiger partial charge in [0.1, 0.15) is 0 Å². The molecule has 0 aromatic rings. The van der Waals surface area contributed by atoms with Crippen molar-refractivity contribution in [2.24, 2.45) is 17.8 Å². The summed E-state index contributed by atoms with van der Waals surface area (Å²) < 4.78 is 0. The fourth-order valence-electron chi connectivity index (χ4n) is 2.75. The third kappa shape index (κ3) is 17.6. The van der Waals surface area contributed by atoms with Crippen LogP contribution in [0.25, 0.3) is 0 Å². The molecule has 0 amide bonds. The number of aliphatic hydroxyl groups excluding tert-OH is 1. The van der Waals surface area contributed by atoms with E-state index in [0.29, 0.717) is 0 Å². The van der Waals surface area contributed by atoms with E-state index in [1.54, 1.807) is 0 Å². The molecule has 0 spiro atoms. The van der Waals surface area contributed by atoms with Crippen molar-refractivity contribution in [3.63, 3.8) is 0 Å². The Balaban J connectivity index is 0. The summed E-state index contributed by atoms with van der Waals surface area (Å²) in [5, 5.41) is 8.65. The highest BCUT2D eigenvalue weighted by molar-refractivity contribution is 4.80. The molecule has 0 radical (unpaired) electrons. The lowest BCUT2D eigenvalue weighted by Gasteiger charge is -2.14. The number of aliphatic hydroxyl groups is 1. The van der Waals surface area contributed by atoms with Gasteiger partial charge in [-0.3, -0.25) is 0 Å². The molecule has 2 atom stereocenters. The predicted octanol–water partition coefficient (Wildman–Crippen LogP) is 6.61. The summed E-state index contributed by atoms with van der Waals surface area (Å²) in [5.41, 5.74) is 0. The zero-order chi connectivity index (χ0) is 15.2. The Hall–Kier alpha value is -0.300. The van der Waals surface area contributed by atoms with Gasteiger partial charge in [0.2, 0.25) is 0 Å². The van der Waals surface area contributed by atoms with E-state index in [1.807, 2.05) is 6.08 Å². The molecule has 0 bridgehead atoms. The van der Waals surface area contributed by atoms with Crippen LogP contribution in [0.4, 0.5) is 0 Å². The lowest BCUT2D eigenvalue weighted by molar-refractivity contribution is 0.342. The molecular weight excluding hydrogens is 256 g/mol. The highest BCUT2D eigenvalue weighted by Gasteiger charge is 2.06. The van der Waals surface area contributed by atoms with Crippen LogP contribution in [0.3, 0.4) is 0 Å². The summed E-state index contributed by atoms with van der Waals surface area (Å²) in [6.07, 6.45) is 16.1. The highest BCUT2D eigenvalue weighted by atomic mass is 16.2. The standard InChI is InChI=1S/C19H38O.CH4/c1-17(2)11-9-13-19(4)15-10-14-18(3)12-7-5-6-8-16-20;/h6,8,17-20H,5,7,9-16H2,1-4H3;1H4/b8-6+;/t18-,19+;/m0./s1. The third-order valence-corrected chi connectivity index (χ3v) is 4.21. The molecule has 0 aliphatic carbocycles. The first-order valence-corrected chi connectivity index (χ1v) is 8.82. The van der Waals surface area contributed by atoms with Gasteiger partial charge in [-0.1, -0.05) is 92.2 Å². The maximum Gasteiger partial charge on any atom is 0.0612 e. The minimum atomic E-state index is 0. The monoisotopic (exact) mass is 298 g/mol. The van der Waals surface area contributed by atoms with Crippen molar-refractivity contribution in [1.29, 1.82) is 0 Å². The molecule has 128 valence electrons. The van der Waals surface area contributed by atoms with Gasteiger partial charge in [-0.15, -0.1) is 0 Å². The van der Waals surface area contributed by atoms with Crippen LogP contribution in [0.1, 0.15) is 92.9 Å². The fraction of sp³-hybridized carbons (Fsp3) is 0.900. The van der Waals surface area contributed by atoms with Crippen LogP contribution < -0.4 is 0 Å². The van der Waals surface area contributed by atoms with Gasteiger partial charge in [0, 0.05) is 0 Å². The van der Waals surface area contributed by atoms with E-state index in [-0.39, 0.29) is 14.0 Å². The molecule has 0 aromatic heterocycles. The molecule has 0 aromatic carbocycles. The Labute approximate surface area is 135 Å². The van der Waals surface area contributed by atoms with Gasteiger partial charge in [0.25, 0.3) is 0 Å². The average molecular weight is 299 g/mol. The Morgan fingerprint density at radius 1 is 0.714 bits per heavy atom. The second-order valence-corrected chi connectivity index (χ2v) is 7.05. The van der Waals surface area contributed by atoms with Gasteiger partial charge in [0.05, 0.1) is 6.61 Å². The molecule has 1 N–H and O–H groups in total. The van der Waals surface area contributed by atoms with Crippen molar-refractivity contribution in [1.82, 2.24) is 0 Å². The number of unbranched alkanes of at least 4 members (excludes halogenated alkanes) is 1. The van der Waals surface area contributed by atoms with Gasteiger partial charge in [-0.2, -0.15) is 0 Å². The van der Waals surface area contributed by atoms with Crippen LogP contribution in [-0.4, -0.2) is 11.7 Å². The molecule has 0 saturated heterocycles. The normalized spacial score (nSPS) is 14.4. The van der Waals surface area contributed by atoms with Crippen molar-refractivity contribution in [2.75, 3.05) is 6.61 Å². The molecule has 0 unspecified atom stereocenters. The zero-order valence-corrected chi connectivity index (χ0v) is 14.4. The zero-order valence-electron chi connectivity index (χ0n) is 14.4. The SMILES string of the molecule is C.CC(C)CCC[C@@H](C)CCC[C@@H](C)CCC/C=C/CO. The Morgan fingerprint density at radius 2 is 1.19 bits per heavy atom. The fourth-order valence-corrected chi connectivity index (χ4v) is 2.75. The topological polar surface area (TPSA) is 20.2 Å². The van der Waals surface area contributed by atoms with Crippen LogP contribution in [0.5, 0.6) is 0 Å². The summed E-state index contributed by atoms with van der Waals surface area (Å²) in [4.78, 5) is 0. The molecule has 1 nitrogen and oxygen atoms in total. The molecule has 21 heavy (non-hydrogen) atoms. The smallest absolute Gasteiger partial charge is 0.0612 e. The first-order chi connectivity index (χ1) is 9.56. The van der Waals surface area contributed by atoms with Gasteiger partial charge in [-0.25, -0.2) is 0 Å². The van der Waals surface area contributed by atoms with E-state index in [2.05, 4.69) is 33.8 Å². The Bertz CT molecular complexity index is 220. The summed E-state index contributed by atoms with van der Waals surface area (Å²) in [6.45, 7) is 9.64. The van der Waals surface area contributed by atoms with E-state index in [1.165, 1.54) is 51.4 Å². The van der Waals surface area contributed by atoms with Gasteiger partial charge < -0.3 is 5.11 Å². The molecule has 0 aliphatic heterocycles. The first kappa shape index (κ1) is 23.0.